The highest BCUT2D eigenvalue weighted by Gasteiger charge is 2.40. The van der Waals surface area contributed by atoms with Gasteiger partial charge in [-0.05, 0) is 128 Å². The lowest BCUT2D eigenvalue weighted by Crippen LogP contribution is -2.30. The standard InChI is InChI=1S/C40H28Cl2F4O6P2/c1-2-51-36(47)23-52-40-33(42)20-22-35(54(50,30-15-7-26(45)8-16-30)31-17-9-27(46)10-18-31)38(40)37-34(21-19-32(41)39(37)48)53(49,28-11-3-24(43)4-12-28)29-13-5-25(44)6-14-29/h3-22,48H,2,23H2,1H3. The largest absolute Gasteiger partial charge is 0.506 e. The molecule has 6 aromatic carbocycles. The van der Waals surface area contributed by atoms with E-state index in [0.29, 0.717) is 0 Å². The number of hydrogen-bond donors (Lipinski definition) is 1. The fourth-order valence-corrected chi connectivity index (χ4v) is 12.0. The second-order valence-corrected chi connectivity index (χ2v) is 18.1. The SMILES string of the molecule is CCOC(=O)COc1c(Cl)ccc(P(=O)(c2ccc(F)cc2)c2ccc(F)cc2)c1-c1c(P(=O)(c2ccc(F)cc2)c2ccc(F)cc2)ccc(Cl)c1O. The Bertz CT molecular complexity index is 2350. The molecule has 6 rings (SSSR count). The topological polar surface area (TPSA) is 89.9 Å². The number of rotatable bonds is 11. The van der Waals surface area contributed by atoms with Crippen LogP contribution in [0.5, 0.6) is 11.5 Å². The van der Waals surface area contributed by atoms with E-state index in [1.54, 1.807) is 6.92 Å². The van der Waals surface area contributed by atoms with Gasteiger partial charge in [0, 0.05) is 43.0 Å². The summed E-state index contributed by atoms with van der Waals surface area (Å²) < 4.78 is 100. The van der Waals surface area contributed by atoms with E-state index in [0.717, 1.165) is 48.5 Å². The molecule has 1 N–H and O–H groups in total. The first-order valence-electron chi connectivity index (χ1n) is 16.2. The van der Waals surface area contributed by atoms with Gasteiger partial charge in [0.15, 0.2) is 20.9 Å². The first-order valence-corrected chi connectivity index (χ1v) is 20.3. The molecule has 0 fully saturated rings. The third-order valence-electron chi connectivity index (χ3n) is 8.52. The summed E-state index contributed by atoms with van der Waals surface area (Å²) in [6.45, 7) is 0.855. The van der Waals surface area contributed by atoms with Crippen molar-refractivity contribution in [2.45, 2.75) is 6.92 Å². The quantitative estimate of drug-likeness (QED) is 0.0808. The molecule has 0 spiro atoms. The minimum atomic E-state index is -4.32. The van der Waals surface area contributed by atoms with E-state index in [1.165, 1.54) is 72.8 Å². The second-order valence-electron chi connectivity index (χ2n) is 11.8. The van der Waals surface area contributed by atoms with Crippen molar-refractivity contribution in [3.05, 3.63) is 155 Å². The number of carbonyl (C=O) groups is 1. The van der Waals surface area contributed by atoms with E-state index < -0.39 is 55.9 Å². The molecule has 6 nitrogen and oxygen atoms in total. The van der Waals surface area contributed by atoms with Crippen LogP contribution in [0.25, 0.3) is 11.1 Å². The molecule has 0 saturated carbocycles. The lowest BCUT2D eigenvalue weighted by atomic mass is 10.0. The maximum atomic E-state index is 16.0. The van der Waals surface area contributed by atoms with Crippen LogP contribution < -0.4 is 36.6 Å². The van der Waals surface area contributed by atoms with E-state index in [2.05, 4.69) is 0 Å². The minimum Gasteiger partial charge on any atom is -0.506 e. The molecule has 0 heterocycles. The first-order chi connectivity index (χ1) is 25.8. The number of benzene rings is 6. The molecule has 276 valence electrons. The van der Waals surface area contributed by atoms with Gasteiger partial charge in [-0.25, -0.2) is 22.4 Å². The maximum absolute atomic E-state index is 16.0. The summed E-state index contributed by atoms with van der Waals surface area (Å²) in [4.78, 5) is 12.6. The van der Waals surface area contributed by atoms with E-state index in [4.69, 9.17) is 32.7 Å². The van der Waals surface area contributed by atoms with E-state index >= 15 is 9.13 Å². The van der Waals surface area contributed by atoms with Gasteiger partial charge >= 0.3 is 5.97 Å². The predicted molar refractivity (Wildman–Crippen MR) is 204 cm³/mol. The number of ether oxygens (including phenoxy) is 2. The van der Waals surface area contributed by atoms with E-state index in [1.807, 2.05) is 0 Å². The monoisotopic (exact) mass is 812 g/mol. The third-order valence-corrected chi connectivity index (χ3v) is 15.3. The Balaban J connectivity index is 1.80. The second kappa shape index (κ2) is 15.9. The van der Waals surface area contributed by atoms with Crippen LogP contribution in [0.1, 0.15) is 6.92 Å². The van der Waals surface area contributed by atoms with Gasteiger partial charge in [0.2, 0.25) is 0 Å². The normalized spacial score (nSPS) is 11.7. The van der Waals surface area contributed by atoms with Gasteiger partial charge in [0.1, 0.15) is 34.8 Å². The summed E-state index contributed by atoms with van der Waals surface area (Å²) in [5.74, 6) is -4.40. The van der Waals surface area contributed by atoms with Crippen LogP contribution >= 0.6 is 37.5 Å². The van der Waals surface area contributed by atoms with Gasteiger partial charge in [-0.2, -0.15) is 0 Å². The van der Waals surface area contributed by atoms with Gasteiger partial charge in [0.25, 0.3) is 0 Å². The number of phenols is 1. The van der Waals surface area contributed by atoms with Crippen LogP contribution in [0.3, 0.4) is 0 Å². The zero-order valence-corrected chi connectivity index (χ0v) is 31.4. The van der Waals surface area contributed by atoms with Crippen molar-refractivity contribution in [2.24, 2.45) is 0 Å². The molecule has 0 amide bonds. The van der Waals surface area contributed by atoms with Gasteiger partial charge in [0.05, 0.1) is 16.7 Å². The Kier molecular flexibility index (Phi) is 11.4. The van der Waals surface area contributed by atoms with Crippen LogP contribution in [0.4, 0.5) is 17.6 Å². The summed E-state index contributed by atoms with van der Waals surface area (Å²) in [5.41, 5.74) is -0.566. The summed E-state index contributed by atoms with van der Waals surface area (Å²) in [6, 6.07) is 24.1. The van der Waals surface area contributed by atoms with Gasteiger partial charge in [-0.3, -0.25) is 0 Å². The van der Waals surface area contributed by atoms with Crippen molar-refractivity contribution in [3.8, 4) is 22.6 Å². The van der Waals surface area contributed by atoms with Crippen LogP contribution in [0, 0.1) is 23.3 Å². The van der Waals surface area contributed by atoms with Crippen molar-refractivity contribution in [2.75, 3.05) is 13.2 Å². The fraction of sp³-hybridized carbons (Fsp3) is 0.0750. The number of phenolic OH excluding ortho intramolecular Hbond substituents is 1. The molecule has 54 heavy (non-hydrogen) atoms. The maximum Gasteiger partial charge on any atom is 0.344 e. The number of halogens is 6. The van der Waals surface area contributed by atoms with Crippen molar-refractivity contribution < 1.29 is 46.1 Å². The highest BCUT2D eigenvalue weighted by molar-refractivity contribution is 7.86. The molecule has 0 radical (unpaired) electrons. The predicted octanol–water partition coefficient (Wildman–Crippen LogP) is 8.14. The molecule has 0 bridgehead atoms. The Labute approximate surface area is 317 Å². The number of aromatic hydroxyl groups is 1. The number of esters is 1. The molecule has 0 aliphatic rings. The molecule has 0 atom stereocenters. The molecule has 0 aliphatic heterocycles. The highest BCUT2D eigenvalue weighted by atomic mass is 35.5. The highest BCUT2D eigenvalue weighted by Crippen LogP contribution is 2.54. The van der Waals surface area contributed by atoms with E-state index in [-0.39, 0.29) is 65.4 Å². The van der Waals surface area contributed by atoms with Crippen molar-refractivity contribution in [3.63, 3.8) is 0 Å². The summed E-state index contributed by atoms with van der Waals surface area (Å²) >= 11 is 13.4. The molecule has 14 heteroatoms. The van der Waals surface area contributed by atoms with Crippen LogP contribution in [-0.4, -0.2) is 24.3 Å². The van der Waals surface area contributed by atoms with Crippen LogP contribution in [0.15, 0.2) is 121 Å². The van der Waals surface area contributed by atoms with Gasteiger partial charge in [-0.1, -0.05) is 23.2 Å². The third kappa shape index (κ3) is 7.32. The Hall–Kier alpha value is -4.85. The fourth-order valence-electron chi connectivity index (χ4n) is 6.05. The van der Waals surface area contributed by atoms with Crippen molar-refractivity contribution >= 4 is 75.3 Å². The average Bonchev–Trinajstić information content (AvgIpc) is 3.16. The summed E-state index contributed by atoms with van der Waals surface area (Å²) in [6.07, 6.45) is 0. The molecular weight excluding hydrogens is 785 g/mol. The molecule has 0 unspecified atom stereocenters. The Morgan fingerprint density at radius 3 is 1.30 bits per heavy atom. The lowest BCUT2D eigenvalue weighted by molar-refractivity contribution is -0.145. The number of hydrogen-bond acceptors (Lipinski definition) is 6. The number of carbonyl (C=O) groups excluding carboxylic acids is 1. The zero-order chi connectivity index (χ0) is 38.8. The molecule has 0 aliphatic carbocycles. The summed E-state index contributed by atoms with van der Waals surface area (Å²) in [5, 5.41) is 11.5. The van der Waals surface area contributed by atoms with Crippen molar-refractivity contribution in [1.82, 2.24) is 0 Å². The smallest absolute Gasteiger partial charge is 0.344 e. The van der Waals surface area contributed by atoms with E-state index in [9.17, 15) is 27.5 Å². The summed E-state index contributed by atoms with van der Waals surface area (Å²) in [7, 11) is -8.63. The molecular formula is C40H28Cl2F4O6P2. The Morgan fingerprint density at radius 1 is 0.574 bits per heavy atom. The van der Waals surface area contributed by atoms with Crippen molar-refractivity contribution in [1.29, 1.82) is 0 Å². The Morgan fingerprint density at radius 2 is 0.926 bits per heavy atom. The van der Waals surface area contributed by atoms with Gasteiger partial charge in [-0.15, -0.1) is 0 Å². The lowest BCUT2D eigenvalue weighted by Gasteiger charge is -2.29. The molecule has 0 aromatic heterocycles. The first kappa shape index (κ1) is 38.9. The minimum absolute atomic E-state index is 0.00487. The molecule has 0 saturated heterocycles. The van der Waals surface area contributed by atoms with Crippen LogP contribution in [-0.2, 0) is 18.7 Å². The zero-order valence-electron chi connectivity index (χ0n) is 28.1. The molecule has 6 aromatic rings. The average molecular weight is 814 g/mol. The van der Waals surface area contributed by atoms with Gasteiger partial charge < -0.3 is 23.7 Å². The van der Waals surface area contributed by atoms with Crippen LogP contribution in [0.2, 0.25) is 10.0 Å².